The van der Waals surface area contributed by atoms with Crippen LogP contribution in [-0.2, 0) is 16.6 Å². The van der Waals surface area contributed by atoms with E-state index in [9.17, 15) is 4.79 Å². The summed E-state index contributed by atoms with van der Waals surface area (Å²) in [6.45, 7) is 2.18. The van der Waals surface area contributed by atoms with Crippen molar-refractivity contribution >= 4 is 36.4 Å². The highest BCUT2D eigenvalue weighted by Crippen LogP contribution is 2.19. The molecule has 7 nitrogen and oxygen atoms in total. The number of anilines is 1. The average Bonchev–Trinajstić information content (AvgIpc) is 2.91. The maximum absolute atomic E-state index is 12.0. The molecule has 1 aromatic rings. The second-order valence-corrected chi connectivity index (χ2v) is 5.52. The number of aromatic nitrogens is 2. The van der Waals surface area contributed by atoms with E-state index in [-0.39, 0.29) is 42.9 Å². The molecule has 2 unspecified atom stereocenters. The summed E-state index contributed by atoms with van der Waals surface area (Å²) >= 11 is 0. The molecule has 1 saturated heterocycles. The molecule has 0 bridgehead atoms. The Balaban J connectivity index is 0.00000242. The van der Waals surface area contributed by atoms with Crippen LogP contribution in [0, 0.1) is 0 Å². The molecule has 23 heavy (non-hydrogen) atoms. The van der Waals surface area contributed by atoms with Gasteiger partial charge in [-0.25, -0.2) is 0 Å². The SMILES string of the molecule is COC(CN)CC(=O)NC1CCCN(c2cnn(C)c2)C1.Cl.Cl. The summed E-state index contributed by atoms with van der Waals surface area (Å²) in [5, 5.41) is 7.28. The fourth-order valence-corrected chi connectivity index (χ4v) is 2.66. The van der Waals surface area contributed by atoms with E-state index < -0.39 is 0 Å². The van der Waals surface area contributed by atoms with Crippen LogP contribution in [-0.4, -0.2) is 54.6 Å². The number of rotatable bonds is 6. The Morgan fingerprint density at radius 3 is 2.87 bits per heavy atom. The summed E-state index contributed by atoms with van der Waals surface area (Å²) in [6.07, 6.45) is 6.03. The molecule has 134 valence electrons. The first-order chi connectivity index (χ1) is 10.1. The van der Waals surface area contributed by atoms with Crippen molar-refractivity contribution < 1.29 is 9.53 Å². The topological polar surface area (TPSA) is 85.4 Å². The molecular weight excluding hydrogens is 341 g/mol. The second-order valence-electron chi connectivity index (χ2n) is 5.52. The zero-order chi connectivity index (χ0) is 15.2. The van der Waals surface area contributed by atoms with Crippen LogP contribution >= 0.6 is 24.8 Å². The summed E-state index contributed by atoms with van der Waals surface area (Å²) < 4.78 is 6.94. The maximum atomic E-state index is 12.0. The van der Waals surface area contributed by atoms with Gasteiger partial charge in [0.15, 0.2) is 0 Å². The van der Waals surface area contributed by atoms with Crippen molar-refractivity contribution in [3.63, 3.8) is 0 Å². The van der Waals surface area contributed by atoms with Gasteiger partial charge in [0.1, 0.15) is 0 Å². The molecule has 2 rings (SSSR count). The van der Waals surface area contributed by atoms with Crippen LogP contribution in [0.15, 0.2) is 12.4 Å². The van der Waals surface area contributed by atoms with E-state index in [0.717, 1.165) is 31.6 Å². The van der Waals surface area contributed by atoms with Gasteiger partial charge >= 0.3 is 0 Å². The van der Waals surface area contributed by atoms with Crippen molar-refractivity contribution in [3.05, 3.63) is 12.4 Å². The number of nitrogens with zero attached hydrogens (tertiary/aromatic N) is 3. The molecule has 1 amide bonds. The monoisotopic (exact) mass is 367 g/mol. The number of halogens is 2. The van der Waals surface area contributed by atoms with Crippen LogP contribution in [0.3, 0.4) is 0 Å². The lowest BCUT2D eigenvalue weighted by Gasteiger charge is -2.34. The molecule has 2 heterocycles. The van der Waals surface area contributed by atoms with Gasteiger partial charge in [-0.15, -0.1) is 24.8 Å². The molecule has 1 aromatic heterocycles. The third-order valence-corrected chi connectivity index (χ3v) is 3.85. The minimum absolute atomic E-state index is 0. The number of hydrogen-bond donors (Lipinski definition) is 2. The number of hydrogen-bond acceptors (Lipinski definition) is 5. The van der Waals surface area contributed by atoms with E-state index in [1.165, 1.54) is 0 Å². The average molecular weight is 368 g/mol. The number of methoxy groups -OCH3 is 1. The molecule has 1 fully saturated rings. The van der Waals surface area contributed by atoms with Gasteiger partial charge < -0.3 is 20.7 Å². The Labute approximate surface area is 149 Å². The zero-order valence-corrected chi connectivity index (χ0v) is 15.2. The Kier molecular flexibility index (Phi) is 10.2. The highest BCUT2D eigenvalue weighted by Gasteiger charge is 2.23. The van der Waals surface area contributed by atoms with Gasteiger partial charge in [-0.2, -0.15) is 5.10 Å². The normalized spacial score (nSPS) is 18.6. The number of aryl methyl sites for hydroxylation is 1. The van der Waals surface area contributed by atoms with Gasteiger partial charge in [0.25, 0.3) is 0 Å². The summed E-state index contributed by atoms with van der Waals surface area (Å²) in [6, 6.07) is 0.168. The Morgan fingerprint density at radius 1 is 1.57 bits per heavy atom. The third-order valence-electron chi connectivity index (χ3n) is 3.85. The summed E-state index contributed by atoms with van der Waals surface area (Å²) in [7, 11) is 3.49. The van der Waals surface area contributed by atoms with E-state index in [1.807, 2.05) is 19.4 Å². The molecule has 3 N–H and O–H groups in total. The largest absolute Gasteiger partial charge is 0.380 e. The van der Waals surface area contributed by atoms with Crippen molar-refractivity contribution in [2.24, 2.45) is 12.8 Å². The third kappa shape index (κ3) is 6.55. The first-order valence-corrected chi connectivity index (χ1v) is 7.38. The molecule has 0 aromatic carbocycles. The van der Waals surface area contributed by atoms with Gasteiger partial charge in [-0.3, -0.25) is 9.48 Å². The quantitative estimate of drug-likeness (QED) is 0.773. The van der Waals surface area contributed by atoms with Crippen LogP contribution in [0.4, 0.5) is 5.69 Å². The van der Waals surface area contributed by atoms with E-state index in [0.29, 0.717) is 13.0 Å². The van der Waals surface area contributed by atoms with E-state index in [1.54, 1.807) is 11.8 Å². The number of ether oxygens (including phenoxy) is 1. The van der Waals surface area contributed by atoms with Gasteiger partial charge in [0.2, 0.25) is 5.91 Å². The van der Waals surface area contributed by atoms with Crippen molar-refractivity contribution in [2.75, 3.05) is 31.6 Å². The molecule has 9 heteroatoms. The van der Waals surface area contributed by atoms with Crippen LogP contribution in [0.25, 0.3) is 0 Å². The predicted octanol–water partition coefficient (Wildman–Crippen LogP) is 0.712. The van der Waals surface area contributed by atoms with E-state index >= 15 is 0 Å². The molecule has 1 aliphatic heterocycles. The maximum Gasteiger partial charge on any atom is 0.222 e. The fraction of sp³-hybridized carbons (Fsp3) is 0.714. The lowest BCUT2D eigenvalue weighted by atomic mass is 10.0. The Hall–Kier alpha value is -1.02. The van der Waals surface area contributed by atoms with Crippen molar-refractivity contribution in [1.29, 1.82) is 0 Å². The Bertz CT molecular complexity index is 468. The summed E-state index contributed by atoms with van der Waals surface area (Å²) in [5.41, 5.74) is 6.65. The Morgan fingerprint density at radius 2 is 2.30 bits per heavy atom. The fourth-order valence-electron chi connectivity index (χ4n) is 2.66. The van der Waals surface area contributed by atoms with Crippen LogP contribution in [0.5, 0.6) is 0 Å². The molecule has 1 aliphatic rings. The second kappa shape index (κ2) is 10.7. The number of carbonyl (C=O) groups is 1. The van der Waals surface area contributed by atoms with Crippen molar-refractivity contribution in [3.8, 4) is 0 Å². The van der Waals surface area contributed by atoms with Crippen LogP contribution in [0.1, 0.15) is 19.3 Å². The molecular formula is C14H27Cl2N5O2. The van der Waals surface area contributed by atoms with Gasteiger partial charge in [-0.1, -0.05) is 0 Å². The zero-order valence-electron chi connectivity index (χ0n) is 13.6. The first kappa shape index (κ1) is 22.0. The highest BCUT2D eigenvalue weighted by atomic mass is 35.5. The van der Waals surface area contributed by atoms with Gasteiger partial charge in [0, 0.05) is 46.0 Å². The number of amides is 1. The van der Waals surface area contributed by atoms with Gasteiger partial charge in [-0.05, 0) is 12.8 Å². The van der Waals surface area contributed by atoms with Crippen LogP contribution < -0.4 is 16.0 Å². The van der Waals surface area contributed by atoms with Gasteiger partial charge in [0.05, 0.1) is 24.4 Å². The number of piperidine rings is 1. The standard InChI is InChI=1S/C14H25N5O2.2ClH/c1-18-10-12(8-16-18)19-5-3-4-11(9-19)17-14(20)6-13(7-15)21-2;;/h8,10-11,13H,3-7,9,15H2,1-2H3,(H,17,20);2*1H. The predicted molar refractivity (Wildman–Crippen MR) is 95.6 cm³/mol. The molecule has 0 radical (unpaired) electrons. The minimum atomic E-state index is -0.206. The van der Waals surface area contributed by atoms with Crippen molar-refractivity contribution in [2.45, 2.75) is 31.4 Å². The minimum Gasteiger partial charge on any atom is -0.380 e. The van der Waals surface area contributed by atoms with E-state index in [4.69, 9.17) is 10.5 Å². The highest BCUT2D eigenvalue weighted by molar-refractivity contribution is 5.85. The number of carbonyl (C=O) groups excluding carboxylic acids is 1. The summed E-state index contributed by atoms with van der Waals surface area (Å²) in [5.74, 6) is 0.00494. The number of nitrogens with two attached hydrogens (primary N) is 1. The number of nitrogens with one attached hydrogen (secondary N) is 1. The lowest BCUT2D eigenvalue weighted by Crippen LogP contribution is -2.48. The molecule has 2 atom stereocenters. The van der Waals surface area contributed by atoms with Crippen LogP contribution in [0.2, 0.25) is 0 Å². The summed E-state index contributed by atoms with van der Waals surface area (Å²) in [4.78, 5) is 14.3. The smallest absolute Gasteiger partial charge is 0.222 e. The first-order valence-electron chi connectivity index (χ1n) is 7.38. The molecule has 0 saturated carbocycles. The van der Waals surface area contributed by atoms with E-state index in [2.05, 4.69) is 15.3 Å². The van der Waals surface area contributed by atoms with Crippen molar-refractivity contribution in [1.82, 2.24) is 15.1 Å². The molecule has 0 spiro atoms. The lowest BCUT2D eigenvalue weighted by molar-refractivity contribution is -0.124. The molecule has 0 aliphatic carbocycles.